The zero-order valence-corrected chi connectivity index (χ0v) is 38.8. The second-order valence-electron chi connectivity index (χ2n) is 20.4. The van der Waals surface area contributed by atoms with Gasteiger partial charge in [0.15, 0.2) is 0 Å². The lowest BCUT2D eigenvalue weighted by atomic mass is 9.70. The molecule has 5 rings (SSSR count). The van der Waals surface area contributed by atoms with Gasteiger partial charge in [0.25, 0.3) is 5.91 Å². The van der Waals surface area contributed by atoms with Gasteiger partial charge in [-0.05, 0) is 59.5 Å². The van der Waals surface area contributed by atoms with E-state index in [-0.39, 0.29) is 37.3 Å². The molecule has 4 N–H and O–H groups in total. The van der Waals surface area contributed by atoms with Gasteiger partial charge in [-0.2, -0.15) is 0 Å². The van der Waals surface area contributed by atoms with Crippen LogP contribution in [0.1, 0.15) is 130 Å². The molecule has 7 amide bonds. The van der Waals surface area contributed by atoms with Crippen molar-refractivity contribution in [3.05, 3.63) is 48.0 Å². The molecule has 15 heteroatoms. The maximum absolute atomic E-state index is 15.3. The van der Waals surface area contributed by atoms with E-state index in [0.717, 1.165) is 36.8 Å². The highest BCUT2D eigenvalue weighted by atomic mass is 16.6. The molecule has 3 heterocycles. The summed E-state index contributed by atoms with van der Waals surface area (Å²) in [5.74, 6) is -2.77. The van der Waals surface area contributed by atoms with Crippen LogP contribution in [0.15, 0.2) is 36.9 Å². The molecule has 0 radical (unpaired) electrons. The van der Waals surface area contributed by atoms with E-state index in [0.29, 0.717) is 64.7 Å². The van der Waals surface area contributed by atoms with Gasteiger partial charge in [0.2, 0.25) is 23.5 Å². The number of ether oxygens (including phenoxy) is 1. The average molecular weight is 876 g/mol. The number of hydrogen-bond acceptors (Lipinski definition) is 8. The Balaban J connectivity index is 1.41. The maximum atomic E-state index is 15.3. The zero-order valence-electron chi connectivity index (χ0n) is 38.8. The number of carbonyl (C=O) groups is 7. The van der Waals surface area contributed by atoms with Crippen molar-refractivity contribution in [2.24, 2.45) is 16.2 Å². The molecule has 0 bridgehead atoms. The summed E-state index contributed by atoms with van der Waals surface area (Å²) in [6, 6.07) is 3.50. The highest BCUT2D eigenvalue weighted by Crippen LogP contribution is 2.41. The Labute approximate surface area is 374 Å². The monoisotopic (exact) mass is 876 g/mol. The standard InChI is InChI=1S/C48H73N7O8/c1-9-11-19-35(39(57)42(59)49-24-10-2)50-41(58)36-27-34(63-45(62)54-25-20-32-17-13-14-18-33(32)29-54)30-55(36)43(60)40(48(8)21-15-12-16-22-48)52-44(61)51-37(46(3,4)5)31-53-26-23-47(6,7)28-38(53)56/h10,13-14,17-18,34-37,40H,2,9,11-12,15-16,19-31H2,1,3-8H3,(H,49,59)(H,50,58)(H2,51,52,61)/t34-,35?,36+,37-,40-/m1/s1. The van der Waals surface area contributed by atoms with Crippen LogP contribution in [0.5, 0.6) is 0 Å². The maximum Gasteiger partial charge on any atom is 0.410 e. The van der Waals surface area contributed by atoms with Crippen LogP contribution in [0.3, 0.4) is 0 Å². The van der Waals surface area contributed by atoms with Gasteiger partial charge in [-0.3, -0.25) is 24.0 Å². The van der Waals surface area contributed by atoms with Gasteiger partial charge in [0.05, 0.1) is 18.6 Å². The van der Waals surface area contributed by atoms with Crippen LogP contribution in [-0.2, 0) is 41.7 Å². The fourth-order valence-corrected chi connectivity index (χ4v) is 9.40. The number of carbonyl (C=O) groups excluding carboxylic acids is 7. The van der Waals surface area contributed by atoms with Crippen molar-refractivity contribution in [3.63, 3.8) is 0 Å². The number of piperidine rings is 1. The van der Waals surface area contributed by atoms with E-state index >= 15 is 4.79 Å². The number of unbranched alkanes of at least 4 members (excludes halogenated alkanes) is 1. The fraction of sp³-hybridized carbons (Fsp3) is 0.688. The van der Waals surface area contributed by atoms with Crippen LogP contribution >= 0.6 is 0 Å². The van der Waals surface area contributed by atoms with Gasteiger partial charge in [0.1, 0.15) is 18.2 Å². The van der Waals surface area contributed by atoms with Crippen LogP contribution in [0.4, 0.5) is 9.59 Å². The number of benzene rings is 1. The Bertz CT molecular complexity index is 1850. The summed E-state index contributed by atoms with van der Waals surface area (Å²) < 4.78 is 6.08. The van der Waals surface area contributed by atoms with Crippen LogP contribution in [0.2, 0.25) is 0 Å². The predicted molar refractivity (Wildman–Crippen MR) is 240 cm³/mol. The number of rotatable bonds is 16. The quantitative estimate of drug-likeness (QED) is 0.126. The molecule has 0 aromatic heterocycles. The van der Waals surface area contributed by atoms with E-state index in [1.807, 2.05) is 63.8 Å². The van der Waals surface area contributed by atoms with Crippen molar-refractivity contribution in [2.75, 3.05) is 32.7 Å². The molecule has 4 aliphatic rings. The topological polar surface area (TPSA) is 187 Å². The summed E-state index contributed by atoms with van der Waals surface area (Å²) in [6.07, 6.45) is 7.34. The Morgan fingerprint density at radius 1 is 0.952 bits per heavy atom. The number of nitrogens with one attached hydrogen (secondary N) is 4. The first-order chi connectivity index (χ1) is 29.7. The van der Waals surface area contributed by atoms with Gasteiger partial charge in [-0.25, -0.2) is 9.59 Å². The second-order valence-corrected chi connectivity index (χ2v) is 20.4. The minimum Gasteiger partial charge on any atom is -0.444 e. The second kappa shape index (κ2) is 21.2. The van der Waals surface area contributed by atoms with Gasteiger partial charge in [0, 0.05) is 45.6 Å². The number of urea groups is 1. The molecule has 2 saturated heterocycles. The lowest BCUT2D eigenvalue weighted by Crippen LogP contribution is -2.63. The first-order valence-electron chi connectivity index (χ1n) is 23.2. The van der Waals surface area contributed by atoms with E-state index in [9.17, 15) is 28.8 Å². The van der Waals surface area contributed by atoms with Crippen LogP contribution < -0.4 is 21.3 Å². The minimum atomic E-state index is -1.18. The average Bonchev–Trinajstić information content (AvgIpc) is 3.66. The molecule has 5 atom stereocenters. The molecule has 1 unspecified atom stereocenters. The number of hydrogen-bond donors (Lipinski definition) is 4. The largest absolute Gasteiger partial charge is 0.444 e. The smallest absolute Gasteiger partial charge is 0.410 e. The molecule has 1 aromatic carbocycles. The summed E-state index contributed by atoms with van der Waals surface area (Å²) in [5, 5.41) is 11.5. The van der Waals surface area contributed by atoms with Crippen molar-refractivity contribution in [3.8, 4) is 0 Å². The number of likely N-dealkylation sites (tertiary alicyclic amines) is 2. The Morgan fingerprint density at radius 3 is 2.30 bits per heavy atom. The number of fused-ring (bicyclic) bond motifs is 1. The van der Waals surface area contributed by atoms with Crippen LogP contribution in [0, 0.1) is 16.2 Å². The molecule has 1 aromatic rings. The molecule has 348 valence electrons. The lowest BCUT2D eigenvalue weighted by Gasteiger charge is -2.43. The summed E-state index contributed by atoms with van der Waals surface area (Å²) in [6.45, 7) is 19.4. The van der Waals surface area contributed by atoms with Crippen LogP contribution in [-0.4, -0.2) is 119 Å². The predicted octanol–water partition coefficient (Wildman–Crippen LogP) is 5.40. The highest BCUT2D eigenvalue weighted by Gasteiger charge is 2.50. The molecule has 3 aliphatic heterocycles. The van der Waals surface area contributed by atoms with E-state index in [4.69, 9.17) is 4.74 Å². The molecule has 1 saturated carbocycles. The van der Waals surface area contributed by atoms with E-state index in [1.54, 1.807) is 4.90 Å². The lowest BCUT2D eigenvalue weighted by molar-refractivity contribution is -0.144. The van der Waals surface area contributed by atoms with E-state index in [1.165, 1.54) is 11.0 Å². The summed E-state index contributed by atoms with van der Waals surface area (Å²) in [4.78, 5) is 102. The molecule has 3 fully saturated rings. The van der Waals surface area contributed by atoms with Crippen molar-refractivity contribution < 1.29 is 38.3 Å². The van der Waals surface area contributed by atoms with E-state index < -0.39 is 76.7 Å². The summed E-state index contributed by atoms with van der Waals surface area (Å²) >= 11 is 0. The van der Waals surface area contributed by atoms with E-state index in [2.05, 4.69) is 41.7 Å². The Kier molecular flexibility index (Phi) is 16.5. The van der Waals surface area contributed by atoms with Crippen LogP contribution in [0.25, 0.3) is 0 Å². The molecule has 15 nitrogen and oxygen atoms in total. The van der Waals surface area contributed by atoms with Crippen molar-refractivity contribution in [1.82, 2.24) is 36.0 Å². The number of Topliss-reactive ketones (excluding diaryl/α,β-unsaturated/α-hetero) is 1. The highest BCUT2D eigenvalue weighted by molar-refractivity contribution is 6.38. The Hall–Kier alpha value is -4.95. The molecule has 1 aliphatic carbocycles. The minimum absolute atomic E-state index is 0.0419. The normalized spacial score (nSPS) is 22.1. The van der Waals surface area contributed by atoms with Crippen molar-refractivity contribution >= 4 is 41.5 Å². The zero-order chi connectivity index (χ0) is 46.1. The summed E-state index contributed by atoms with van der Waals surface area (Å²) in [5.41, 5.74) is 0.968. The SMILES string of the molecule is C=CCNC(=O)C(=O)C(CCCC)NC(=O)[C@@H]1C[C@@H](OC(=O)N2CCc3ccccc3C2)CN1C(=O)[C@@H](NC(=O)N[C@H](CN1CCC(C)(C)CC1=O)C(C)(C)C)C1(C)CCCCC1. The third kappa shape index (κ3) is 12.8. The fourth-order valence-electron chi connectivity index (χ4n) is 9.40. The summed E-state index contributed by atoms with van der Waals surface area (Å²) in [7, 11) is 0. The van der Waals surface area contributed by atoms with Gasteiger partial charge in [-0.15, -0.1) is 6.58 Å². The first kappa shape index (κ1) is 49.1. The number of amides is 7. The first-order valence-corrected chi connectivity index (χ1v) is 23.2. The van der Waals surface area contributed by atoms with Gasteiger partial charge < -0.3 is 40.7 Å². The molecular weight excluding hydrogens is 803 g/mol. The molecular formula is C48H73N7O8. The van der Waals surface area contributed by atoms with Gasteiger partial charge in [-0.1, -0.05) is 111 Å². The third-order valence-electron chi connectivity index (χ3n) is 13.6. The van der Waals surface area contributed by atoms with Gasteiger partial charge >= 0.3 is 12.1 Å². The number of nitrogens with zero attached hydrogens (tertiary/aromatic N) is 3. The molecule has 63 heavy (non-hydrogen) atoms. The Morgan fingerprint density at radius 2 is 1.65 bits per heavy atom. The number of ketones is 1. The van der Waals surface area contributed by atoms with Crippen molar-refractivity contribution in [2.45, 2.75) is 162 Å². The third-order valence-corrected chi connectivity index (χ3v) is 13.6. The molecule has 0 spiro atoms. The van der Waals surface area contributed by atoms with Crippen molar-refractivity contribution in [1.29, 1.82) is 0 Å².